The fourth-order valence-electron chi connectivity index (χ4n) is 2.68. The standard InChI is InChI=1S/C15H30ClNO/c1-3-15(4-2,13-16)17-10-6-5-7-14-8-11-18-12-9-14/h14,17H,3-13H2,1-2H3. The van der Waals surface area contributed by atoms with Crippen molar-refractivity contribution >= 4 is 11.6 Å². The van der Waals surface area contributed by atoms with Crippen LogP contribution in [0.15, 0.2) is 0 Å². The van der Waals surface area contributed by atoms with Gasteiger partial charge in [-0.15, -0.1) is 11.6 Å². The third-order valence-corrected chi connectivity index (χ3v) is 5.00. The van der Waals surface area contributed by atoms with E-state index in [0.29, 0.717) is 0 Å². The Morgan fingerprint density at radius 2 is 1.83 bits per heavy atom. The first-order chi connectivity index (χ1) is 8.76. The van der Waals surface area contributed by atoms with Gasteiger partial charge in [0.2, 0.25) is 0 Å². The monoisotopic (exact) mass is 275 g/mol. The molecular weight excluding hydrogens is 246 g/mol. The van der Waals surface area contributed by atoms with Gasteiger partial charge in [0.15, 0.2) is 0 Å². The number of halogens is 1. The third-order valence-electron chi connectivity index (χ3n) is 4.49. The number of hydrogen-bond donors (Lipinski definition) is 1. The molecule has 0 aromatic carbocycles. The molecule has 0 aromatic heterocycles. The van der Waals surface area contributed by atoms with E-state index >= 15 is 0 Å². The van der Waals surface area contributed by atoms with E-state index in [9.17, 15) is 0 Å². The van der Waals surface area contributed by atoms with Crippen LogP contribution in [0.2, 0.25) is 0 Å². The number of hydrogen-bond acceptors (Lipinski definition) is 2. The molecular formula is C15H30ClNO. The van der Waals surface area contributed by atoms with E-state index in [1.807, 2.05) is 0 Å². The van der Waals surface area contributed by atoms with E-state index in [4.69, 9.17) is 16.3 Å². The summed E-state index contributed by atoms with van der Waals surface area (Å²) in [7, 11) is 0. The first kappa shape index (κ1) is 16.3. The Morgan fingerprint density at radius 1 is 1.17 bits per heavy atom. The zero-order chi connectivity index (χ0) is 13.3. The summed E-state index contributed by atoms with van der Waals surface area (Å²) in [6.07, 6.45) is 8.75. The number of rotatable bonds is 9. The predicted molar refractivity (Wildman–Crippen MR) is 79.4 cm³/mol. The van der Waals surface area contributed by atoms with Gasteiger partial charge in [-0.3, -0.25) is 0 Å². The minimum absolute atomic E-state index is 0.167. The van der Waals surface area contributed by atoms with Crippen molar-refractivity contribution in [2.45, 2.75) is 64.3 Å². The summed E-state index contributed by atoms with van der Waals surface area (Å²) in [6.45, 7) is 7.51. The van der Waals surface area contributed by atoms with Crippen LogP contribution in [0.1, 0.15) is 58.8 Å². The second-order valence-corrected chi connectivity index (χ2v) is 5.87. The Morgan fingerprint density at radius 3 is 2.39 bits per heavy atom. The predicted octanol–water partition coefficient (Wildman–Crippen LogP) is 3.97. The van der Waals surface area contributed by atoms with Crippen molar-refractivity contribution in [3.63, 3.8) is 0 Å². The molecule has 0 amide bonds. The van der Waals surface area contributed by atoms with Crippen LogP contribution >= 0.6 is 11.6 Å². The molecule has 0 aromatic rings. The minimum Gasteiger partial charge on any atom is -0.381 e. The lowest BCUT2D eigenvalue weighted by molar-refractivity contribution is 0.0631. The normalized spacial score (nSPS) is 18.2. The van der Waals surface area contributed by atoms with Crippen LogP contribution < -0.4 is 5.32 Å². The molecule has 1 aliphatic rings. The summed E-state index contributed by atoms with van der Waals surface area (Å²) in [5.41, 5.74) is 0.167. The van der Waals surface area contributed by atoms with Crippen molar-refractivity contribution in [3.8, 4) is 0 Å². The van der Waals surface area contributed by atoms with Crippen molar-refractivity contribution in [1.82, 2.24) is 5.32 Å². The van der Waals surface area contributed by atoms with E-state index in [1.165, 1.54) is 32.1 Å². The zero-order valence-corrected chi connectivity index (χ0v) is 12.9. The minimum atomic E-state index is 0.167. The average Bonchev–Trinajstić information content (AvgIpc) is 2.45. The molecule has 1 heterocycles. The molecule has 0 unspecified atom stereocenters. The van der Waals surface area contributed by atoms with Crippen LogP contribution in [-0.4, -0.2) is 31.2 Å². The maximum atomic E-state index is 6.08. The molecule has 0 radical (unpaired) electrons. The summed E-state index contributed by atoms with van der Waals surface area (Å²) < 4.78 is 5.39. The van der Waals surface area contributed by atoms with E-state index in [-0.39, 0.29) is 5.54 Å². The van der Waals surface area contributed by atoms with Crippen molar-refractivity contribution < 1.29 is 4.74 Å². The van der Waals surface area contributed by atoms with Gasteiger partial charge in [-0.05, 0) is 44.6 Å². The molecule has 0 spiro atoms. The maximum absolute atomic E-state index is 6.08. The molecule has 0 atom stereocenters. The van der Waals surface area contributed by atoms with Gasteiger partial charge >= 0.3 is 0 Å². The topological polar surface area (TPSA) is 21.3 Å². The highest BCUT2D eigenvalue weighted by Gasteiger charge is 2.23. The van der Waals surface area contributed by atoms with Gasteiger partial charge in [0.25, 0.3) is 0 Å². The van der Waals surface area contributed by atoms with Gasteiger partial charge in [0, 0.05) is 24.6 Å². The Kier molecular flexibility index (Phi) is 8.28. The molecule has 3 heteroatoms. The Hall–Kier alpha value is 0.210. The van der Waals surface area contributed by atoms with Crippen LogP contribution in [-0.2, 0) is 4.74 Å². The van der Waals surface area contributed by atoms with Gasteiger partial charge in [0.05, 0.1) is 0 Å². The molecule has 0 saturated carbocycles. The smallest absolute Gasteiger partial charge is 0.0468 e. The largest absolute Gasteiger partial charge is 0.381 e. The third kappa shape index (κ3) is 5.46. The second kappa shape index (κ2) is 9.17. The molecule has 18 heavy (non-hydrogen) atoms. The lowest BCUT2D eigenvalue weighted by Gasteiger charge is -2.31. The van der Waals surface area contributed by atoms with Crippen LogP contribution in [0.4, 0.5) is 0 Å². The van der Waals surface area contributed by atoms with Crippen LogP contribution in [0.25, 0.3) is 0 Å². The number of nitrogens with one attached hydrogen (secondary N) is 1. The molecule has 2 nitrogen and oxygen atoms in total. The number of alkyl halides is 1. The first-order valence-corrected chi connectivity index (χ1v) is 8.18. The van der Waals surface area contributed by atoms with E-state index in [1.54, 1.807) is 0 Å². The Balaban J connectivity index is 2.06. The van der Waals surface area contributed by atoms with E-state index < -0.39 is 0 Å². The summed E-state index contributed by atoms with van der Waals surface area (Å²) in [5.74, 6) is 1.63. The highest BCUT2D eigenvalue weighted by atomic mass is 35.5. The molecule has 1 saturated heterocycles. The van der Waals surface area contributed by atoms with Crippen LogP contribution in [0, 0.1) is 5.92 Å². The molecule has 108 valence electrons. The van der Waals surface area contributed by atoms with Gasteiger partial charge < -0.3 is 10.1 Å². The molecule has 1 aliphatic heterocycles. The van der Waals surface area contributed by atoms with Gasteiger partial charge in [0.1, 0.15) is 0 Å². The highest BCUT2D eigenvalue weighted by molar-refractivity contribution is 6.18. The van der Waals surface area contributed by atoms with Gasteiger partial charge in [-0.2, -0.15) is 0 Å². The number of ether oxygens (including phenoxy) is 1. The van der Waals surface area contributed by atoms with Crippen molar-refractivity contribution in [1.29, 1.82) is 0 Å². The summed E-state index contributed by atoms with van der Waals surface area (Å²) >= 11 is 6.08. The zero-order valence-electron chi connectivity index (χ0n) is 12.1. The number of unbranched alkanes of at least 4 members (excludes halogenated alkanes) is 1. The molecule has 1 rings (SSSR count). The van der Waals surface area contributed by atoms with Crippen LogP contribution in [0.5, 0.6) is 0 Å². The lowest BCUT2D eigenvalue weighted by Crippen LogP contribution is -2.46. The van der Waals surface area contributed by atoms with Gasteiger partial charge in [-0.1, -0.05) is 26.7 Å². The Labute approximate surface area is 118 Å². The molecule has 1 N–H and O–H groups in total. The summed E-state index contributed by atoms with van der Waals surface area (Å²) in [5, 5.41) is 3.66. The van der Waals surface area contributed by atoms with Crippen molar-refractivity contribution in [2.24, 2.45) is 5.92 Å². The molecule has 0 aliphatic carbocycles. The highest BCUT2D eigenvalue weighted by Crippen LogP contribution is 2.21. The summed E-state index contributed by atoms with van der Waals surface area (Å²) in [6, 6.07) is 0. The lowest BCUT2D eigenvalue weighted by atomic mass is 9.93. The summed E-state index contributed by atoms with van der Waals surface area (Å²) in [4.78, 5) is 0. The molecule has 0 bridgehead atoms. The van der Waals surface area contributed by atoms with Crippen molar-refractivity contribution in [3.05, 3.63) is 0 Å². The van der Waals surface area contributed by atoms with E-state index in [0.717, 1.165) is 44.4 Å². The van der Waals surface area contributed by atoms with Gasteiger partial charge in [-0.25, -0.2) is 0 Å². The molecule has 1 fully saturated rings. The van der Waals surface area contributed by atoms with Crippen LogP contribution in [0.3, 0.4) is 0 Å². The maximum Gasteiger partial charge on any atom is 0.0468 e. The quantitative estimate of drug-likeness (QED) is 0.508. The Bertz CT molecular complexity index is 192. The SMILES string of the molecule is CCC(CC)(CCl)NCCCCC1CCOCC1. The van der Waals surface area contributed by atoms with E-state index in [2.05, 4.69) is 19.2 Å². The first-order valence-electron chi connectivity index (χ1n) is 7.65. The average molecular weight is 276 g/mol. The van der Waals surface area contributed by atoms with Crippen molar-refractivity contribution in [2.75, 3.05) is 25.6 Å². The second-order valence-electron chi connectivity index (χ2n) is 5.60. The fourth-order valence-corrected chi connectivity index (χ4v) is 3.16. The fraction of sp³-hybridized carbons (Fsp3) is 1.00.